The average Bonchev–Trinajstić information content (AvgIpc) is 2.44. The van der Waals surface area contributed by atoms with Crippen molar-refractivity contribution in [3.63, 3.8) is 0 Å². The molecule has 0 saturated carbocycles. The number of esters is 1. The highest BCUT2D eigenvalue weighted by Gasteiger charge is 2.18. The van der Waals surface area contributed by atoms with Gasteiger partial charge in [-0.05, 0) is 25.5 Å². The van der Waals surface area contributed by atoms with Crippen LogP contribution in [0.4, 0.5) is 5.69 Å². The van der Waals surface area contributed by atoms with Gasteiger partial charge in [0.2, 0.25) is 0 Å². The summed E-state index contributed by atoms with van der Waals surface area (Å²) < 4.78 is 33.1. The second kappa shape index (κ2) is 7.87. The van der Waals surface area contributed by atoms with Crippen molar-refractivity contribution in [2.45, 2.75) is 20.3 Å². The van der Waals surface area contributed by atoms with Crippen LogP contribution in [0.3, 0.4) is 0 Å². The summed E-state index contributed by atoms with van der Waals surface area (Å²) in [5.41, 5.74) is 6.22. The van der Waals surface area contributed by atoms with Crippen LogP contribution >= 0.6 is 0 Å². The van der Waals surface area contributed by atoms with E-state index >= 15 is 0 Å². The molecule has 0 bridgehead atoms. The number of anilines is 1. The van der Waals surface area contributed by atoms with Gasteiger partial charge in [-0.25, -0.2) is 13.2 Å². The number of nitrogens with two attached hydrogens (primary N) is 1. The molecule has 0 aliphatic heterocycles. The van der Waals surface area contributed by atoms with Gasteiger partial charge in [-0.3, -0.25) is 0 Å². The summed E-state index contributed by atoms with van der Waals surface area (Å²) in [6, 6.07) is 4.91. The minimum atomic E-state index is -3.05. The fourth-order valence-electron chi connectivity index (χ4n) is 1.70. The van der Waals surface area contributed by atoms with E-state index in [1.54, 1.807) is 32.0 Å². The first-order valence-electron chi connectivity index (χ1n) is 6.80. The largest absolute Gasteiger partial charge is 0.493 e. The van der Waals surface area contributed by atoms with Crippen LogP contribution in [0.2, 0.25) is 0 Å². The quantitative estimate of drug-likeness (QED) is 0.445. The third-order valence-electron chi connectivity index (χ3n) is 2.84. The van der Waals surface area contributed by atoms with Crippen LogP contribution in [0.5, 0.6) is 5.75 Å². The number of benzene rings is 1. The number of carbonyl (C=O) groups excluding carboxylic acids is 1. The van der Waals surface area contributed by atoms with Gasteiger partial charge < -0.3 is 15.2 Å². The molecular weight excluding hydrogens is 294 g/mol. The van der Waals surface area contributed by atoms with Crippen LogP contribution in [0.15, 0.2) is 18.2 Å². The number of hydrogen-bond acceptors (Lipinski definition) is 6. The average molecular weight is 315 g/mol. The summed E-state index contributed by atoms with van der Waals surface area (Å²) in [5, 5.41) is 0. The lowest BCUT2D eigenvalue weighted by atomic mass is 10.1. The predicted molar refractivity (Wildman–Crippen MR) is 81.3 cm³/mol. The molecule has 2 N–H and O–H groups in total. The number of carbonyl (C=O) groups is 1. The van der Waals surface area contributed by atoms with E-state index in [4.69, 9.17) is 15.2 Å². The van der Waals surface area contributed by atoms with Crippen molar-refractivity contribution >= 4 is 21.5 Å². The number of sulfone groups is 1. The number of ether oxygens (including phenoxy) is 2. The Morgan fingerprint density at radius 2 is 2.00 bits per heavy atom. The molecule has 0 aliphatic carbocycles. The maximum Gasteiger partial charge on any atom is 0.344 e. The molecule has 21 heavy (non-hydrogen) atoms. The summed E-state index contributed by atoms with van der Waals surface area (Å²) in [6.45, 7) is 3.81. The Labute approximate surface area is 125 Å². The summed E-state index contributed by atoms with van der Waals surface area (Å²) in [4.78, 5) is 12.0. The first-order valence-corrected chi connectivity index (χ1v) is 8.62. The second-order valence-electron chi connectivity index (χ2n) is 4.38. The van der Waals surface area contributed by atoms with Crippen LogP contribution in [0.1, 0.15) is 30.6 Å². The molecule has 0 saturated heterocycles. The molecule has 6 nitrogen and oxygen atoms in total. The molecule has 0 fully saturated rings. The fraction of sp³-hybridized carbons (Fsp3) is 0.500. The number of rotatable bonds is 8. The maximum atomic E-state index is 12.0. The van der Waals surface area contributed by atoms with Gasteiger partial charge in [0.25, 0.3) is 0 Å². The van der Waals surface area contributed by atoms with Crippen molar-refractivity contribution in [3.05, 3.63) is 23.8 Å². The third-order valence-corrected chi connectivity index (χ3v) is 4.63. The Morgan fingerprint density at radius 3 is 2.62 bits per heavy atom. The minimum absolute atomic E-state index is 0.000626. The van der Waals surface area contributed by atoms with Gasteiger partial charge in [-0.2, -0.15) is 0 Å². The molecule has 0 aliphatic rings. The van der Waals surface area contributed by atoms with E-state index in [1.165, 1.54) is 0 Å². The molecule has 0 atom stereocenters. The standard InChI is InChI=1S/C14H21NO5S/c1-3-19-12-8-5-7-11(15)13(12)14(16)20-9-6-10-21(17,18)4-2/h5,7-8H,3-4,6,9-10,15H2,1-2H3. The van der Waals surface area contributed by atoms with Crippen molar-refractivity contribution in [2.24, 2.45) is 0 Å². The SMILES string of the molecule is CCOc1cccc(N)c1C(=O)OCCCS(=O)(=O)CC. The molecule has 0 radical (unpaired) electrons. The molecule has 0 heterocycles. The lowest BCUT2D eigenvalue weighted by Crippen LogP contribution is -2.15. The van der Waals surface area contributed by atoms with E-state index in [1.807, 2.05) is 0 Å². The summed E-state index contributed by atoms with van der Waals surface area (Å²) in [5.74, 6) is -0.158. The van der Waals surface area contributed by atoms with Crippen LogP contribution in [0, 0.1) is 0 Å². The fourth-order valence-corrected chi connectivity index (χ4v) is 2.55. The number of nitrogen functional groups attached to an aromatic ring is 1. The van der Waals surface area contributed by atoms with Crippen LogP contribution in [0.25, 0.3) is 0 Å². The topological polar surface area (TPSA) is 95.7 Å². The van der Waals surface area contributed by atoms with Gasteiger partial charge in [0.1, 0.15) is 21.2 Å². The highest BCUT2D eigenvalue weighted by Crippen LogP contribution is 2.25. The van der Waals surface area contributed by atoms with Gasteiger partial charge in [-0.1, -0.05) is 13.0 Å². The Bertz CT molecular complexity index is 583. The molecule has 1 rings (SSSR count). The maximum absolute atomic E-state index is 12.0. The van der Waals surface area contributed by atoms with E-state index in [0.29, 0.717) is 12.4 Å². The first kappa shape index (κ1) is 17.3. The van der Waals surface area contributed by atoms with Gasteiger partial charge >= 0.3 is 5.97 Å². The van der Waals surface area contributed by atoms with Crippen molar-refractivity contribution in [2.75, 3.05) is 30.5 Å². The molecule has 118 valence electrons. The summed E-state index contributed by atoms with van der Waals surface area (Å²) in [7, 11) is -3.05. The smallest absolute Gasteiger partial charge is 0.344 e. The van der Waals surface area contributed by atoms with Crippen molar-refractivity contribution in [1.29, 1.82) is 0 Å². The highest BCUT2D eigenvalue weighted by molar-refractivity contribution is 7.91. The van der Waals surface area contributed by atoms with Crippen molar-refractivity contribution in [3.8, 4) is 5.75 Å². The second-order valence-corrected chi connectivity index (χ2v) is 6.85. The zero-order chi connectivity index (χ0) is 15.9. The van der Waals surface area contributed by atoms with Gasteiger partial charge in [0.15, 0.2) is 0 Å². The molecule has 0 amide bonds. The predicted octanol–water partition coefficient (Wildman–Crippen LogP) is 1.65. The highest BCUT2D eigenvalue weighted by atomic mass is 32.2. The molecule has 0 aromatic heterocycles. The van der Waals surface area contributed by atoms with Crippen molar-refractivity contribution < 1.29 is 22.7 Å². The van der Waals surface area contributed by atoms with Crippen LogP contribution < -0.4 is 10.5 Å². The van der Waals surface area contributed by atoms with Gasteiger partial charge in [-0.15, -0.1) is 0 Å². The lowest BCUT2D eigenvalue weighted by molar-refractivity contribution is 0.0502. The zero-order valence-corrected chi connectivity index (χ0v) is 13.1. The molecule has 1 aromatic rings. The van der Waals surface area contributed by atoms with E-state index < -0.39 is 15.8 Å². The molecule has 1 aromatic carbocycles. The van der Waals surface area contributed by atoms with Gasteiger partial charge in [0.05, 0.1) is 19.0 Å². The van der Waals surface area contributed by atoms with E-state index in [0.717, 1.165) is 0 Å². The van der Waals surface area contributed by atoms with Crippen LogP contribution in [-0.4, -0.2) is 39.1 Å². The third kappa shape index (κ3) is 5.26. The normalized spacial score (nSPS) is 11.1. The summed E-state index contributed by atoms with van der Waals surface area (Å²) >= 11 is 0. The molecule has 0 unspecified atom stereocenters. The minimum Gasteiger partial charge on any atom is -0.493 e. The Kier molecular flexibility index (Phi) is 6.48. The lowest BCUT2D eigenvalue weighted by Gasteiger charge is -2.12. The van der Waals surface area contributed by atoms with Crippen LogP contribution in [-0.2, 0) is 14.6 Å². The Hall–Kier alpha value is -1.76. The van der Waals surface area contributed by atoms with Crippen molar-refractivity contribution in [1.82, 2.24) is 0 Å². The van der Waals surface area contributed by atoms with E-state index in [2.05, 4.69) is 0 Å². The molecule has 0 spiro atoms. The molecule has 7 heteroatoms. The van der Waals surface area contributed by atoms with E-state index in [-0.39, 0.29) is 35.8 Å². The van der Waals surface area contributed by atoms with E-state index in [9.17, 15) is 13.2 Å². The monoisotopic (exact) mass is 315 g/mol. The Morgan fingerprint density at radius 1 is 1.29 bits per heavy atom. The Balaban J connectivity index is 2.64. The first-order chi connectivity index (χ1) is 9.91. The molecular formula is C14H21NO5S. The number of hydrogen-bond donors (Lipinski definition) is 1. The summed E-state index contributed by atoms with van der Waals surface area (Å²) in [6.07, 6.45) is 0.263. The zero-order valence-electron chi connectivity index (χ0n) is 12.3. The van der Waals surface area contributed by atoms with Gasteiger partial charge in [0, 0.05) is 11.4 Å².